The van der Waals surface area contributed by atoms with Gasteiger partial charge in [-0.15, -0.1) is 0 Å². The van der Waals surface area contributed by atoms with Gasteiger partial charge in [0.15, 0.2) is 12.0 Å². The summed E-state index contributed by atoms with van der Waals surface area (Å²) in [6, 6.07) is 4.71. The Bertz CT molecular complexity index is 535. The van der Waals surface area contributed by atoms with Crippen LogP contribution in [-0.4, -0.2) is 32.4 Å². The van der Waals surface area contributed by atoms with E-state index < -0.39 is 24.6 Å². The molecule has 1 aromatic heterocycles. The first-order valence-electron chi connectivity index (χ1n) is 4.99. The van der Waals surface area contributed by atoms with Crippen LogP contribution in [-0.2, 0) is 4.79 Å². The summed E-state index contributed by atoms with van der Waals surface area (Å²) in [5.41, 5.74) is 1.51. The second kappa shape index (κ2) is 4.52. The number of aromatic nitrogens is 1. The molecule has 0 aliphatic heterocycles. The molecular weight excluding hydrogens is 226 g/mol. The number of hydrogen-bond acceptors (Lipinski definition) is 5. The van der Waals surface area contributed by atoms with E-state index in [1.54, 1.807) is 18.2 Å². The largest absolute Gasteiger partial charge is 0.481 e. The monoisotopic (exact) mass is 237 g/mol. The molecule has 2 atom stereocenters. The lowest BCUT2D eigenvalue weighted by Crippen LogP contribution is -2.21. The van der Waals surface area contributed by atoms with Crippen LogP contribution in [0, 0.1) is 0 Å². The summed E-state index contributed by atoms with van der Waals surface area (Å²) in [5, 5.41) is 27.8. The SMILES string of the molecule is O=C(O)CC(O)C(O)c1ccc2ocnc2c1. The molecule has 6 nitrogen and oxygen atoms in total. The number of oxazole rings is 1. The van der Waals surface area contributed by atoms with E-state index in [1.165, 1.54) is 6.39 Å². The first-order valence-corrected chi connectivity index (χ1v) is 4.99. The number of carboxylic acid groups (broad SMARTS) is 1. The predicted octanol–water partition coefficient (Wildman–Crippen LogP) is 0.697. The Labute approximate surface area is 96.1 Å². The number of benzene rings is 1. The van der Waals surface area contributed by atoms with Gasteiger partial charge in [0.2, 0.25) is 0 Å². The predicted molar refractivity (Wildman–Crippen MR) is 57.2 cm³/mol. The van der Waals surface area contributed by atoms with Gasteiger partial charge in [-0.25, -0.2) is 4.98 Å². The van der Waals surface area contributed by atoms with Crippen molar-refractivity contribution in [2.75, 3.05) is 0 Å². The summed E-state index contributed by atoms with van der Waals surface area (Å²) in [7, 11) is 0. The molecule has 0 aliphatic rings. The fraction of sp³-hybridized carbons (Fsp3) is 0.273. The molecule has 2 rings (SSSR count). The van der Waals surface area contributed by atoms with Crippen molar-refractivity contribution in [2.45, 2.75) is 18.6 Å². The number of carboxylic acids is 1. The molecule has 2 unspecified atom stereocenters. The maximum absolute atomic E-state index is 10.4. The van der Waals surface area contributed by atoms with Gasteiger partial charge >= 0.3 is 5.97 Å². The Hall–Kier alpha value is -1.92. The van der Waals surface area contributed by atoms with Crippen LogP contribution in [0.5, 0.6) is 0 Å². The van der Waals surface area contributed by atoms with Crippen molar-refractivity contribution in [3.8, 4) is 0 Å². The van der Waals surface area contributed by atoms with Crippen molar-refractivity contribution in [2.24, 2.45) is 0 Å². The Balaban J connectivity index is 2.23. The van der Waals surface area contributed by atoms with Gasteiger partial charge in [-0.05, 0) is 17.7 Å². The topological polar surface area (TPSA) is 104 Å². The van der Waals surface area contributed by atoms with E-state index in [-0.39, 0.29) is 0 Å². The molecule has 0 bridgehead atoms. The zero-order valence-corrected chi connectivity index (χ0v) is 8.78. The van der Waals surface area contributed by atoms with Crippen molar-refractivity contribution < 1.29 is 24.5 Å². The van der Waals surface area contributed by atoms with Crippen LogP contribution in [0.3, 0.4) is 0 Å². The minimum absolute atomic E-state index is 0.403. The van der Waals surface area contributed by atoms with Crippen molar-refractivity contribution in [3.63, 3.8) is 0 Å². The number of rotatable bonds is 4. The van der Waals surface area contributed by atoms with E-state index in [4.69, 9.17) is 9.52 Å². The van der Waals surface area contributed by atoms with Gasteiger partial charge in [0.05, 0.1) is 12.5 Å². The minimum atomic E-state index is -1.35. The highest BCUT2D eigenvalue weighted by molar-refractivity contribution is 5.73. The Morgan fingerprint density at radius 1 is 1.41 bits per heavy atom. The fourth-order valence-electron chi connectivity index (χ4n) is 1.57. The lowest BCUT2D eigenvalue weighted by Gasteiger charge is -2.16. The van der Waals surface area contributed by atoms with Crippen LogP contribution in [0.15, 0.2) is 29.0 Å². The lowest BCUT2D eigenvalue weighted by molar-refractivity contribution is -0.141. The van der Waals surface area contributed by atoms with Crippen molar-refractivity contribution in [1.82, 2.24) is 4.98 Å². The van der Waals surface area contributed by atoms with Gasteiger partial charge in [-0.3, -0.25) is 4.79 Å². The molecule has 0 saturated heterocycles. The first-order chi connectivity index (χ1) is 8.08. The van der Waals surface area contributed by atoms with E-state index >= 15 is 0 Å². The average molecular weight is 237 g/mol. The summed E-state index contributed by atoms with van der Waals surface area (Å²) in [6.07, 6.45) is -1.85. The Morgan fingerprint density at radius 3 is 2.88 bits per heavy atom. The van der Waals surface area contributed by atoms with Crippen LogP contribution in [0.4, 0.5) is 0 Å². The molecular formula is C11H11NO5. The molecule has 3 N–H and O–H groups in total. The molecule has 0 spiro atoms. The number of fused-ring (bicyclic) bond motifs is 1. The molecule has 17 heavy (non-hydrogen) atoms. The molecule has 0 radical (unpaired) electrons. The van der Waals surface area contributed by atoms with E-state index in [0.717, 1.165) is 0 Å². The third-order valence-corrected chi connectivity index (χ3v) is 2.44. The molecule has 0 aliphatic carbocycles. The number of carbonyl (C=O) groups is 1. The summed E-state index contributed by atoms with van der Waals surface area (Å²) < 4.78 is 5.03. The standard InChI is InChI=1S/C11H11NO5/c13-8(4-10(14)15)11(16)6-1-2-9-7(3-6)12-5-17-9/h1-3,5,8,11,13,16H,4H2,(H,14,15). The molecule has 1 heterocycles. The number of aliphatic carboxylic acids is 1. The highest BCUT2D eigenvalue weighted by Gasteiger charge is 2.21. The van der Waals surface area contributed by atoms with Crippen molar-refractivity contribution in [1.29, 1.82) is 0 Å². The highest BCUT2D eigenvalue weighted by atomic mass is 16.4. The van der Waals surface area contributed by atoms with Gasteiger partial charge in [0.1, 0.15) is 11.6 Å². The van der Waals surface area contributed by atoms with E-state index in [1.807, 2.05) is 0 Å². The molecule has 90 valence electrons. The zero-order valence-electron chi connectivity index (χ0n) is 8.78. The van der Waals surface area contributed by atoms with Crippen molar-refractivity contribution >= 4 is 17.1 Å². The van der Waals surface area contributed by atoms with E-state index in [9.17, 15) is 15.0 Å². The molecule has 0 fully saturated rings. The van der Waals surface area contributed by atoms with Gasteiger partial charge in [0, 0.05) is 0 Å². The summed E-state index contributed by atoms with van der Waals surface area (Å²) in [6.45, 7) is 0. The third kappa shape index (κ3) is 2.43. The molecule has 2 aromatic rings. The molecule has 6 heteroatoms. The number of aliphatic hydroxyl groups excluding tert-OH is 2. The quantitative estimate of drug-likeness (QED) is 0.723. The average Bonchev–Trinajstić information content (AvgIpc) is 2.73. The lowest BCUT2D eigenvalue weighted by atomic mass is 10.0. The molecule has 0 amide bonds. The summed E-state index contributed by atoms with van der Waals surface area (Å²) in [4.78, 5) is 14.3. The van der Waals surface area contributed by atoms with Gasteiger partial charge < -0.3 is 19.7 Å². The number of nitrogens with zero attached hydrogens (tertiary/aromatic N) is 1. The Morgan fingerprint density at radius 2 is 2.18 bits per heavy atom. The van der Waals surface area contributed by atoms with Gasteiger partial charge in [-0.1, -0.05) is 6.07 Å². The normalized spacial score (nSPS) is 14.7. The van der Waals surface area contributed by atoms with Crippen LogP contribution in [0.25, 0.3) is 11.1 Å². The van der Waals surface area contributed by atoms with Crippen LogP contribution >= 0.6 is 0 Å². The summed E-state index contributed by atoms with van der Waals surface area (Å²) in [5.74, 6) is -1.17. The maximum Gasteiger partial charge on any atom is 0.306 e. The molecule has 0 saturated carbocycles. The minimum Gasteiger partial charge on any atom is -0.481 e. The summed E-state index contributed by atoms with van der Waals surface area (Å²) >= 11 is 0. The third-order valence-electron chi connectivity index (χ3n) is 2.44. The molecule has 1 aromatic carbocycles. The van der Waals surface area contributed by atoms with Crippen LogP contribution in [0.1, 0.15) is 18.1 Å². The van der Waals surface area contributed by atoms with Crippen LogP contribution < -0.4 is 0 Å². The van der Waals surface area contributed by atoms with E-state index in [2.05, 4.69) is 4.98 Å². The van der Waals surface area contributed by atoms with Gasteiger partial charge in [0.25, 0.3) is 0 Å². The van der Waals surface area contributed by atoms with Crippen molar-refractivity contribution in [3.05, 3.63) is 30.2 Å². The maximum atomic E-state index is 10.4. The zero-order chi connectivity index (χ0) is 12.4. The Kier molecular flexibility index (Phi) is 3.08. The second-order valence-electron chi connectivity index (χ2n) is 3.69. The number of aliphatic hydroxyl groups is 2. The second-order valence-corrected chi connectivity index (χ2v) is 3.69. The van der Waals surface area contributed by atoms with Gasteiger partial charge in [-0.2, -0.15) is 0 Å². The highest BCUT2D eigenvalue weighted by Crippen LogP contribution is 2.22. The fourth-order valence-corrected chi connectivity index (χ4v) is 1.57. The first kappa shape index (κ1) is 11.6. The smallest absolute Gasteiger partial charge is 0.306 e. The van der Waals surface area contributed by atoms with E-state index in [0.29, 0.717) is 16.7 Å². The number of hydrogen-bond donors (Lipinski definition) is 3. The van der Waals surface area contributed by atoms with Crippen LogP contribution in [0.2, 0.25) is 0 Å².